The van der Waals surface area contributed by atoms with Gasteiger partial charge in [0.1, 0.15) is 0 Å². The number of likely N-dealkylation sites (tertiary alicyclic amines) is 1. The normalized spacial score (nSPS) is 21.1. The van der Waals surface area contributed by atoms with Crippen LogP contribution in [0.15, 0.2) is 18.2 Å². The molecule has 0 aliphatic carbocycles. The fourth-order valence-electron chi connectivity index (χ4n) is 2.21. The van der Waals surface area contributed by atoms with Crippen molar-refractivity contribution in [2.24, 2.45) is 11.7 Å². The Labute approximate surface area is 126 Å². The molecule has 1 aromatic rings. The van der Waals surface area contributed by atoms with Gasteiger partial charge in [-0.25, -0.2) is 0 Å². The lowest BCUT2D eigenvalue weighted by Gasteiger charge is -2.18. The number of carbonyl (C=O) groups is 1. The summed E-state index contributed by atoms with van der Waals surface area (Å²) >= 11 is 8.20. The van der Waals surface area contributed by atoms with Crippen molar-refractivity contribution in [1.82, 2.24) is 4.90 Å². The highest BCUT2D eigenvalue weighted by molar-refractivity contribution is 14.1. The van der Waals surface area contributed by atoms with Gasteiger partial charge in [-0.05, 0) is 60.1 Å². The molecular weight excluding hydrogens is 363 g/mol. The summed E-state index contributed by atoms with van der Waals surface area (Å²) in [7, 11) is 0. The van der Waals surface area contributed by atoms with Crippen molar-refractivity contribution < 1.29 is 4.79 Å². The maximum atomic E-state index is 12.3. The van der Waals surface area contributed by atoms with Crippen molar-refractivity contribution in [1.29, 1.82) is 0 Å². The Bertz CT molecular complexity index is 464. The maximum absolute atomic E-state index is 12.3. The Hall–Kier alpha value is -0.330. The van der Waals surface area contributed by atoms with Crippen molar-refractivity contribution >= 4 is 40.1 Å². The lowest BCUT2D eigenvalue weighted by atomic mass is 10.0. The van der Waals surface area contributed by atoms with E-state index in [9.17, 15) is 4.79 Å². The van der Waals surface area contributed by atoms with E-state index in [1.165, 1.54) is 0 Å². The number of hydrogen-bond donors (Lipinski definition) is 1. The van der Waals surface area contributed by atoms with Gasteiger partial charge in [-0.1, -0.05) is 11.6 Å². The van der Waals surface area contributed by atoms with Gasteiger partial charge in [0, 0.05) is 28.3 Å². The summed E-state index contributed by atoms with van der Waals surface area (Å²) in [6.07, 6.45) is 0.988. The average molecular weight is 379 g/mol. The zero-order chi connectivity index (χ0) is 13.3. The van der Waals surface area contributed by atoms with Crippen LogP contribution in [-0.4, -0.2) is 29.9 Å². The molecule has 1 fully saturated rings. The molecule has 2 atom stereocenters. The second-order valence-corrected chi connectivity index (χ2v) is 6.36. The molecule has 3 nitrogen and oxygen atoms in total. The van der Waals surface area contributed by atoms with Crippen LogP contribution in [0, 0.1) is 9.49 Å². The van der Waals surface area contributed by atoms with Gasteiger partial charge in [-0.15, -0.1) is 0 Å². The van der Waals surface area contributed by atoms with E-state index in [1.807, 2.05) is 24.0 Å². The summed E-state index contributed by atoms with van der Waals surface area (Å²) in [4.78, 5) is 14.2. The zero-order valence-electron chi connectivity index (χ0n) is 10.2. The minimum absolute atomic E-state index is 0.0523. The molecule has 1 aliphatic heterocycles. The number of hydrogen-bond acceptors (Lipinski definition) is 2. The molecule has 0 saturated carbocycles. The van der Waals surface area contributed by atoms with Crippen molar-refractivity contribution in [3.63, 3.8) is 0 Å². The zero-order valence-corrected chi connectivity index (χ0v) is 13.1. The Kier molecular flexibility index (Phi) is 4.50. The third-order valence-electron chi connectivity index (χ3n) is 3.42. The highest BCUT2D eigenvalue weighted by Crippen LogP contribution is 2.24. The molecule has 0 spiro atoms. The van der Waals surface area contributed by atoms with Gasteiger partial charge in [-0.2, -0.15) is 0 Å². The molecule has 2 unspecified atom stereocenters. The average Bonchev–Trinajstić information content (AvgIpc) is 2.81. The number of benzene rings is 1. The first-order valence-electron chi connectivity index (χ1n) is 5.99. The van der Waals surface area contributed by atoms with Crippen molar-refractivity contribution in [2.75, 3.05) is 13.1 Å². The number of nitrogens with zero attached hydrogens (tertiary/aromatic N) is 1. The maximum Gasteiger partial charge on any atom is 0.253 e. The van der Waals surface area contributed by atoms with Gasteiger partial charge >= 0.3 is 0 Å². The van der Waals surface area contributed by atoms with Crippen molar-refractivity contribution in [2.45, 2.75) is 19.4 Å². The second-order valence-electron chi connectivity index (χ2n) is 4.79. The highest BCUT2D eigenvalue weighted by Gasteiger charge is 2.29. The topological polar surface area (TPSA) is 46.3 Å². The van der Waals surface area contributed by atoms with E-state index in [-0.39, 0.29) is 11.9 Å². The molecule has 5 heteroatoms. The van der Waals surface area contributed by atoms with E-state index in [1.54, 1.807) is 6.07 Å². The minimum Gasteiger partial charge on any atom is -0.338 e. The fourth-order valence-corrected chi connectivity index (χ4v) is 2.73. The number of amides is 1. The molecule has 98 valence electrons. The molecule has 0 bridgehead atoms. The Morgan fingerprint density at radius 2 is 2.33 bits per heavy atom. The first-order chi connectivity index (χ1) is 8.49. The number of halogens is 2. The molecule has 18 heavy (non-hydrogen) atoms. The Morgan fingerprint density at radius 3 is 2.89 bits per heavy atom. The SMILES string of the molecule is CC(N)C1CCN(C(=O)c2ccc(I)c(Cl)c2)C1. The smallest absolute Gasteiger partial charge is 0.253 e. The van der Waals surface area contributed by atoms with Gasteiger partial charge in [0.2, 0.25) is 0 Å². The van der Waals surface area contributed by atoms with Gasteiger partial charge < -0.3 is 10.6 Å². The molecule has 1 aliphatic rings. The summed E-state index contributed by atoms with van der Waals surface area (Å²) in [6.45, 7) is 3.54. The molecule has 2 N–H and O–H groups in total. The summed E-state index contributed by atoms with van der Waals surface area (Å²) < 4.78 is 0.959. The summed E-state index contributed by atoms with van der Waals surface area (Å²) in [6, 6.07) is 5.58. The van der Waals surface area contributed by atoms with E-state index < -0.39 is 0 Å². The number of nitrogens with two attached hydrogens (primary N) is 1. The highest BCUT2D eigenvalue weighted by atomic mass is 127. The monoisotopic (exact) mass is 378 g/mol. The minimum atomic E-state index is 0.0523. The molecule has 1 saturated heterocycles. The van der Waals surface area contributed by atoms with Crippen LogP contribution < -0.4 is 5.73 Å². The van der Waals surface area contributed by atoms with Gasteiger partial charge in [0.15, 0.2) is 0 Å². The Balaban J connectivity index is 2.10. The van der Waals surface area contributed by atoms with Crippen LogP contribution in [0.5, 0.6) is 0 Å². The predicted molar refractivity (Wildman–Crippen MR) is 81.8 cm³/mol. The van der Waals surface area contributed by atoms with Crippen LogP contribution in [0.2, 0.25) is 5.02 Å². The molecule has 2 rings (SSSR count). The van der Waals surface area contributed by atoms with Gasteiger partial charge in [0.05, 0.1) is 5.02 Å². The summed E-state index contributed by atoms with van der Waals surface area (Å²) in [5, 5.41) is 0.629. The quantitative estimate of drug-likeness (QED) is 0.805. The number of carbonyl (C=O) groups excluding carboxylic acids is 1. The number of rotatable bonds is 2. The fraction of sp³-hybridized carbons (Fsp3) is 0.462. The standard InChI is InChI=1S/C13H16ClIN2O/c1-8(16)10-4-5-17(7-10)13(18)9-2-3-12(15)11(14)6-9/h2-3,6,8,10H,4-5,7,16H2,1H3. The van der Waals surface area contributed by atoms with Crippen LogP contribution in [0.3, 0.4) is 0 Å². The molecule has 1 amide bonds. The van der Waals surface area contributed by atoms with Crippen molar-refractivity contribution in [3.05, 3.63) is 32.4 Å². The molecule has 0 radical (unpaired) electrons. The molecule has 1 aromatic carbocycles. The van der Waals surface area contributed by atoms with Gasteiger partial charge in [0.25, 0.3) is 5.91 Å². The van der Waals surface area contributed by atoms with E-state index in [0.717, 1.165) is 23.1 Å². The van der Waals surface area contributed by atoms with Gasteiger partial charge in [-0.3, -0.25) is 4.79 Å². The van der Waals surface area contributed by atoms with Crippen molar-refractivity contribution in [3.8, 4) is 0 Å². The molecule has 1 heterocycles. The van der Waals surface area contributed by atoms with Crippen LogP contribution >= 0.6 is 34.2 Å². The van der Waals surface area contributed by atoms with E-state index in [4.69, 9.17) is 17.3 Å². The predicted octanol–water partition coefficient (Wildman–Crippen LogP) is 2.75. The summed E-state index contributed by atoms with van der Waals surface area (Å²) in [5.74, 6) is 0.463. The second kappa shape index (κ2) is 5.75. The van der Waals surface area contributed by atoms with E-state index in [2.05, 4.69) is 22.6 Å². The molecular formula is C13H16ClIN2O. The summed E-state index contributed by atoms with van der Waals surface area (Å²) in [5.41, 5.74) is 6.54. The lowest BCUT2D eigenvalue weighted by molar-refractivity contribution is 0.0786. The van der Waals surface area contributed by atoms with E-state index >= 15 is 0 Å². The third kappa shape index (κ3) is 2.97. The third-order valence-corrected chi connectivity index (χ3v) is 4.99. The lowest BCUT2D eigenvalue weighted by Crippen LogP contribution is -2.33. The first-order valence-corrected chi connectivity index (χ1v) is 7.44. The van der Waals surface area contributed by atoms with Crippen LogP contribution in [-0.2, 0) is 0 Å². The Morgan fingerprint density at radius 1 is 1.61 bits per heavy atom. The first kappa shape index (κ1) is 14.1. The largest absolute Gasteiger partial charge is 0.338 e. The molecule has 0 aromatic heterocycles. The van der Waals surface area contributed by atoms with Crippen LogP contribution in [0.4, 0.5) is 0 Å². The van der Waals surface area contributed by atoms with E-state index in [0.29, 0.717) is 16.5 Å². The van der Waals surface area contributed by atoms with Crippen LogP contribution in [0.1, 0.15) is 23.7 Å². The van der Waals surface area contributed by atoms with Crippen LogP contribution in [0.25, 0.3) is 0 Å².